The average Bonchev–Trinajstić information content (AvgIpc) is 3.38. The van der Waals surface area contributed by atoms with Crippen LogP contribution in [0.1, 0.15) is 21.2 Å². The van der Waals surface area contributed by atoms with Gasteiger partial charge in [-0.05, 0) is 58.8 Å². The molecule has 5 nitrogen and oxygen atoms in total. The van der Waals surface area contributed by atoms with Crippen LogP contribution in [-0.2, 0) is 4.79 Å². The monoisotopic (exact) mass is 545 g/mol. The van der Waals surface area contributed by atoms with Crippen LogP contribution in [0.2, 0.25) is 0 Å². The fourth-order valence-electron chi connectivity index (χ4n) is 4.31. The van der Waals surface area contributed by atoms with Crippen LogP contribution in [0.25, 0.3) is 21.0 Å². The first-order valence-electron chi connectivity index (χ1n) is 12.4. The Morgan fingerprint density at radius 3 is 2.33 bits per heavy atom. The number of benzene rings is 5. The van der Waals surface area contributed by atoms with Crippen LogP contribution in [-0.4, -0.2) is 16.8 Å². The number of carbonyl (C=O) groups is 2. The number of carbonyl (C=O) groups excluding carboxylic acids is 2. The van der Waals surface area contributed by atoms with Crippen molar-refractivity contribution in [3.8, 4) is 0 Å². The molecule has 2 amide bonds. The van der Waals surface area contributed by atoms with Crippen molar-refractivity contribution in [1.29, 1.82) is 0 Å². The van der Waals surface area contributed by atoms with Crippen LogP contribution < -0.4 is 10.6 Å². The largest absolute Gasteiger partial charge is 0.322 e. The Bertz CT molecular complexity index is 1770. The molecule has 5 aromatic carbocycles. The summed E-state index contributed by atoms with van der Waals surface area (Å²) in [5.74, 6) is -0.341. The summed E-state index contributed by atoms with van der Waals surface area (Å²) in [6.07, 6.45) is 0. The van der Waals surface area contributed by atoms with Gasteiger partial charge < -0.3 is 10.6 Å². The number of anilines is 2. The Hall–Kier alpha value is -4.46. The summed E-state index contributed by atoms with van der Waals surface area (Å²) in [5.41, 5.74) is 2.99. The van der Waals surface area contributed by atoms with Crippen LogP contribution in [0, 0.1) is 0 Å². The molecule has 7 heteroatoms. The molecule has 0 fully saturated rings. The maximum absolute atomic E-state index is 13.5. The van der Waals surface area contributed by atoms with Gasteiger partial charge in [0.2, 0.25) is 5.91 Å². The molecular formula is C32H23N3O2S2. The van der Waals surface area contributed by atoms with Gasteiger partial charge in [0.1, 0.15) is 5.25 Å². The summed E-state index contributed by atoms with van der Waals surface area (Å²) in [5, 5.41) is 8.17. The van der Waals surface area contributed by atoms with Gasteiger partial charge >= 0.3 is 0 Å². The van der Waals surface area contributed by atoms with Gasteiger partial charge in [-0.25, -0.2) is 4.98 Å². The Labute approximate surface area is 233 Å². The molecule has 0 saturated heterocycles. The Morgan fingerprint density at radius 2 is 1.49 bits per heavy atom. The van der Waals surface area contributed by atoms with E-state index in [1.54, 1.807) is 0 Å². The van der Waals surface area contributed by atoms with Crippen molar-refractivity contribution in [3.63, 3.8) is 0 Å². The molecule has 1 aromatic heterocycles. The minimum atomic E-state index is -0.510. The van der Waals surface area contributed by atoms with Crippen LogP contribution in [0.3, 0.4) is 0 Å². The van der Waals surface area contributed by atoms with Crippen molar-refractivity contribution in [1.82, 2.24) is 4.98 Å². The molecule has 0 aliphatic rings. The second-order valence-corrected chi connectivity index (χ2v) is 11.1. The van der Waals surface area contributed by atoms with Crippen molar-refractivity contribution in [2.45, 2.75) is 10.1 Å². The summed E-state index contributed by atoms with van der Waals surface area (Å²) < 4.78 is 1.02. The zero-order valence-electron chi connectivity index (χ0n) is 20.7. The minimum absolute atomic E-state index is 0.157. The highest BCUT2D eigenvalue weighted by atomic mass is 32.2. The number of para-hydroxylation sites is 1. The normalized spacial score (nSPS) is 11.8. The number of thiazole rings is 1. The van der Waals surface area contributed by atoms with Crippen molar-refractivity contribution in [2.24, 2.45) is 0 Å². The lowest BCUT2D eigenvalue weighted by Gasteiger charge is -2.17. The van der Waals surface area contributed by atoms with E-state index < -0.39 is 5.25 Å². The number of hydrogen-bond donors (Lipinski definition) is 2. The highest BCUT2D eigenvalue weighted by Crippen LogP contribution is 2.38. The summed E-state index contributed by atoms with van der Waals surface area (Å²) in [7, 11) is 0. The van der Waals surface area contributed by atoms with Crippen molar-refractivity contribution >= 4 is 66.7 Å². The molecule has 0 bridgehead atoms. The average molecular weight is 546 g/mol. The summed E-state index contributed by atoms with van der Waals surface area (Å²) in [6.45, 7) is 0. The van der Waals surface area contributed by atoms with Gasteiger partial charge in [0.05, 0.1) is 10.2 Å². The van der Waals surface area contributed by atoms with E-state index in [9.17, 15) is 9.59 Å². The predicted octanol–water partition coefficient (Wildman–Crippen LogP) is 8.17. The molecule has 190 valence electrons. The van der Waals surface area contributed by atoms with Gasteiger partial charge in [-0.2, -0.15) is 0 Å². The zero-order chi connectivity index (χ0) is 26.6. The number of hydrogen-bond acceptors (Lipinski definition) is 5. The molecular weight excluding hydrogens is 523 g/mol. The molecule has 1 unspecified atom stereocenters. The molecule has 0 aliphatic heterocycles. The molecule has 0 radical (unpaired) electrons. The lowest BCUT2D eigenvalue weighted by molar-refractivity contribution is -0.115. The Morgan fingerprint density at radius 1 is 0.718 bits per heavy atom. The smallest absolute Gasteiger partial charge is 0.255 e. The quantitative estimate of drug-likeness (QED) is 0.199. The summed E-state index contributed by atoms with van der Waals surface area (Å²) in [4.78, 5) is 31.9. The van der Waals surface area contributed by atoms with E-state index >= 15 is 0 Å². The lowest BCUT2D eigenvalue weighted by Crippen LogP contribution is -2.19. The predicted molar refractivity (Wildman–Crippen MR) is 162 cm³/mol. The van der Waals surface area contributed by atoms with Crippen molar-refractivity contribution in [2.75, 3.05) is 10.6 Å². The second kappa shape index (κ2) is 11.1. The highest BCUT2D eigenvalue weighted by molar-refractivity contribution is 8.00. The van der Waals surface area contributed by atoms with Gasteiger partial charge in [-0.3, -0.25) is 9.59 Å². The Kier molecular flexibility index (Phi) is 7.08. The molecule has 6 aromatic rings. The van der Waals surface area contributed by atoms with E-state index in [0.29, 0.717) is 16.4 Å². The fraction of sp³-hybridized carbons (Fsp3) is 0.0312. The summed E-state index contributed by atoms with van der Waals surface area (Å²) >= 11 is 2.88. The van der Waals surface area contributed by atoms with Gasteiger partial charge in [0.15, 0.2) is 5.13 Å². The van der Waals surface area contributed by atoms with Crippen LogP contribution in [0.15, 0.2) is 126 Å². The minimum Gasteiger partial charge on any atom is -0.322 e. The van der Waals surface area contributed by atoms with E-state index in [1.165, 1.54) is 23.1 Å². The zero-order valence-corrected chi connectivity index (χ0v) is 22.3. The number of fused-ring (bicyclic) bond motifs is 2. The SMILES string of the molecule is O=C(Nc1cccc(SC(C(=O)Nc2nc3ccccc3s2)c2ccccc2)c1)c1ccc2ccccc2c1. The maximum atomic E-state index is 13.5. The molecule has 0 saturated carbocycles. The van der Waals surface area contributed by atoms with E-state index in [1.807, 2.05) is 121 Å². The topological polar surface area (TPSA) is 71.1 Å². The molecule has 0 spiro atoms. The summed E-state index contributed by atoms with van der Waals surface area (Å²) in [6, 6.07) is 38.7. The van der Waals surface area contributed by atoms with E-state index in [-0.39, 0.29) is 11.8 Å². The molecule has 6 rings (SSSR count). The third-order valence-corrected chi connectivity index (χ3v) is 8.42. The van der Waals surface area contributed by atoms with Gasteiger partial charge in [-0.15, -0.1) is 11.8 Å². The molecule has 1 heterocycles. The van der Waals surface area contributed by atoms with Crippen molar-refractivity contribution in [3.05, 3.63) is 132 Å². The number of thioether (sulfide) groups is 1. The molecule has 1 atom stereocenters. The third kappa shape index (κ3) is 5.70. The van der Waals surface area contributed by atoms with Crippen LogP contribution >= 0.6 is 23.1 Å². The van der Waals surface area contributed by atoms with E-state index in [4.69, 9.17) is 0 Å². The van der Waals surface area contributed by atoms with E-state index in [0.717, 1.165) is 31.4 Å². The number of nitrogens with zero attached hydrogens (tertiary/aromatic N) is 1. The standard InChI is InChI=1S/C32H23N3O2S2/c36-30(24-18-17-21-9-4-5-12-23(21)19-24)33-25-13-8-14-26(20-25)38-29(22-10-2-1-3-11-22)31(37)35-32-34-27-15-6-7-16-28(27)39-32/h1-20,29H,(H,33,36)(H,34,35,37). The van der Waals surface area contributed by atoms with Gasteiger partial charge in [0, 0.05) is 16.1 Å². The number of aromatic nitrogens is 1. The molecule has 39 heavy (non-hydrogen) atoms. The first-order chi connectivity index (χ1) is 19.1. The van der Waals surface area contributed by atoms with Gasteiger partial charge in [0.25, 0.3) is 5.91 Å². The van der Waals surface area contributed by atoms with Gasteiger partial charge in [-0.1, -0.05) is 90.2 Å². The number of rotatable bonds is 7. The Balaban J connectivity index is 1.22. The maximum Gasteiger partial charge on any atom is 0.255 e. The molecule has 0 aliphatic carbocycles. The first kappa shape index (κ1) is 24.9. The third-order valence-electron chi connectivity index (χ3n) is 6.22. The first-order valence-corrected chi connectivity index (χ1v) is 14.1. The molecule has 2 N–H and O–H groups in total. The lowest BCUT2D eigenvalue weighted by atomic mass is 10.1. The number of nitrogens with one attached hydrogen (secondary N) is 2. The van der Waals surface area contributed by atoms with E-state index in [2.05, 4.69) is 15.6 Å². The fourth-order valence-corrected chi connectivity index (χ4v) is 6.27. The van der Waals surface area contributed by atoms with Crippen LogP contribution in [0.5, 0.6) is 0 Å². The number of amides is 2. The van der Waals surface area contributed by atoms with Crippen LogP contribution in [0.4, 0.5) is 10.8 Å². The highest BCUT2D eigenvalue weighted by Gasteiger charge is 2.23. The van der Waals surface area contributed by atoms with Crippen molar-refractivity contribution < 1.29 is 9.59 Å². The second-order valence-electron chi connectivity index (χ2n) is 8.93.